The molecule has 0 saturated heterocycles. The molecule has 6 N–H and O–H groups in total. The smallest absolute Gasteiger partial charge is 0.308 e. The minimum Gasteiger partial charge on any atom is -0.508 e. The van der Waals surface area contributed by atoms with E-state index in [1.807, 2.05) is 7.05 Å². The fraction of sp³-hybridized carbons (Fsp3) is 0.500. The van der Waals surface area contributed by atoms with Gasteiger partial charge in [-0.05, 0) is 147 Å². The summed E-state index contributed by atoms with van der Waals surface area (Å²) < 4.78 is 0. The van der Waals surface area contributed by atoms with Crippen LogP contribution in [0, 0.1) is 41.4 Å². The zero-order valence-corrected chi connectivity index (χ0v) is 34.9. The number of hydrogen-bond donors (Lipinski definition) is 5. The first-order chi connectivity index (χ1) is 28.7. The molecule has 7 rings (SSSR count). The molecule has 2 bridgehead atoms. The lowest BCUT2D eigenvalue weighted by Crippen LogP contribution is -2.52. The first-order valence-electron chi connectivity index (χ1n) is 22.5. The van der Waals surface area contributed by atoms with Gasteiger partial charge in [-0.3, -0.25) is 4.79 Å². The average Bonchev–Trinajstić information content (AvgIpc) is 3.70. The highest BCUT2D eigenvalue weighted by Crippen LogP contribution is 2.54. The number of nitrogens with one attached hydrogen (secondary N) is 1. The van der Waals surface area contributed by atoms with E-state index in [0.717, 1.165) is 82.6 Å². The van der Waals surface area contributed by atoms with Crippen molar-refractivity contribution in [3.63, 3.8) is 0 Å². The third-order valence-corrected chi connectivity index (χ3v) is 14.7. The summed E-state index contributed by atoms with van der Waals surface area (Å²) in [4.78, 5) is 26.1. The fourth-order valence-corrected chi connectivity index (χ4v) is 11.6. The van der Waals surface area contributed by atoms with Crippen LogP contribution in [0.5, 0.6) is 5.75 Å². The molecule has 0 aromatic heterocycles. The number of benzene rings is 3. The van der Waals surface area contributed by atoms with E-state index in [4.69, 9.17) is 5.73 Å². The second-order valence-corrected chi connectivity index (χ2v) is 18.2. The number of aliphatic hydroxyl groups is 1. The van der Waals surface area contributed by atoms with Crippen LogP contribution in [0.1, 0.15) is 99.7 Å². The molecule has 10 atom stereocenters. The maximum atomic E-state index is 13.9. The van der Waals surface area contributed by atoms with E-state index in [9.17, 15) is 24.9 Å². The van der Waals surface area contributed by atoms with Crippen molar-refractivity contribution >= 4 is 24.4 Å². The van der Waals surface area contributed by atoms with Crippen LogP contribution in [0.2, 0.25) is 0 Å². The number of fused-ring (bicyclic) bond motifs is 5. The lowest BCUT2D eigenvalue weighted by Gasteiger charge is -2.50. The van der Waals surface area contributed by atoms with E-state index < -0.39 is 29.3 Å². The predicted molar refractivity (Wildman–Crippen MR) is 237 cm³/mol. The van der Waals surface area contributed by atoms with Crippen molar-refractivity contribution in [1.29, 1.82) is 0 Å². The largest absolute Gasteiger partial charge is 0.508 e. The third-order valence-electron chi connectivity index (χ3n) is 14.7. The molecule has 314 valence electrons. The molecule has 59 heavy (non-hydrogen) atoms. The molecule has 4 aliphatic rings. The highest BCUT2D eigenvalue weighted by molar-refractivity contribution is 5.74. The summed E-state index contributed by atoms with van der Waals surface area (Å²) in [6.45, 7) is 0.949. The van der Waals surface area contributed by atoms with Crippen LogP contribution in [0.25, 0.3) is 12.2 Å². The number of likely N-dealkylation sites (N-methyl/N-ethyl adjacent to an activating group) is 1. The Balaban J connectivity index is 1.21. The number of rotatable bonds is 15. The lowest BCUT2D eigenvalue weighted by atomic mass is 9.53. The molecule has 0 aliphatic heterocycles. The normalized spacial score (nSPS) is 28.7. The predicted octanol–water partition coefficient (Wildman–Crippen LogP) is 7.57. The number of aromatic hydroxyl groups is 1. The Morgan fingerprint density at radius 2 is 1.75 bits per heavy atom. The number of phenolic OH excluding ortho intramolecular Hbond substituents is 1. The van der Waals surface area contributed by atoms with E-state index in [-0.39, 0.29) is 29.4 Å². The van der Waals surface area contributed by atoms with Crippen LogP contribution in [-0.4, -0.2) is 53.8 Å². The summed E-state index contributed by atoms with van der Waals surface area (Å²) >= 11 is 0. The number of phenols is 1. The molecule has 0 unspecified atom stereocenters. The van der Waals surface area contributed by atoms with Crippen LogP contribution in [0.15, 0.2) is 96.6 Å². The van der Waals surface area contributed by atoms with Gasteiger partial charge in [0.2, 0.25) is 0 Å². The van der Waals surface area contributed by atoms with Gasteiger partial charge in [-0.2, -0.15) is 0 Å². The quantitative estimate of drug-likeness (QED) is 0.0609. The second kappa shape index (κ2) is 19.8. The highest BCUT2D eigenvalue weighted by Gasteiger charge is 2.53. The number of carbonyl (C=O) groups excluding carboxylic acids is 1. The molecule has 4 aliphatic carbocycles. The van der Waals surface area contributed by atoms with Crippen molar-refractivity contribution in [2.75, 3.05) is 20.1 Å². The maximum absolute atomic E-state index is 13.9. The molecule has 7 heteroatoms. The minimum atomic E-state index is -0.890. The molecule has 1 spiro atoms. The average molecular weight is 799 g/mol. The van der Waals surface area contributed by atoms with Gasteiger partial charge in [-0.25, -0.2) is 0 Å². The van der Waals surface area contributed by atoms with E-state index in [1.165, 1.54) is 33.4 Å². The van der Waals surface area contributed by atoms with Crippen molar-refractivity contribution in [2.45, 2.75) is 101 Å². The van der Waals surface area contributed by atoms with E-state index in [2.05, 4.69) is 96.4 Å². The summed E-state index contributed by atoms with van der Waals surface area (Å²) in [5.74, 6) is -0.761. The number of carboxylic acids is 1. The van der Waals surface area contributed by atoms with Gasteiger partial charge in [-0.1, -0.05) is 116 Å². The first-order valence-corrected chi connectivity index (χ1v) is 22.5. The molecule has 3 aromatic carbocycles. The number of aliphatic hydroxyl groups excluding tert-OH is 1. The Morgan fingerprint density at radius 3 is 2.47 bits per heavy atom. The van der Waals surface area contributed by atoms with Crippen molar-refractivity contribution < 1.29 is 24.9 Å². The molecule has 7 nitrogen and oxygen atoms in total. The number of carboxylic acid groups (broad SMARTS) is 1. The van der Waals surface area contributed by atoms with Gasteiger partial charge in [0, 0.05) is 23.8 Å². The van der Waals surface area contributed by atoms with Crippen LogP contribution < -0.4 is 21.5 Å². The zero-order valence-electron chi connectivity index (χ0n) is 34.9. The topological polar surface area (TPSA) is 133 Å². The summed E-state index contributed by atoms with van der Waals surface area (Å²) in [5.41, 5.74) is 9.93. The van der Waals surface area contributed by atoms with Gasteiger partial charge < -0.3 is 31.2 Å². The van der Waals surface area contributed by atoms with Gasteiger partial charge >= 0.3 is 5.97 Å². The van der Waals surface area contributed by atoms with Crippen LogP contribution >= 0.6 is 0 Å². The molecule has 0 amide bonds. The molecular formula is C52H66N2O5. The van der Waals surface area contributed by atoms with Gasteiger partial charge in [0.05, 0.1) is 12.0 Å². The molecule has 0 heterocycles. The monoisotopic (exact) mass is 798 g/mol. The SMILES string of the molecule is CNC[C@H](O)[C@H]1C=CC[C@@H](CCCCC[C@H](C=O)[C@H]2C=C(CCN)CC2)[C@@H](c2ccc(O)cc2)Cc2cccc(c2)[C@]2(CC[C@H]3C=c4ccccc4=C[C@@H]3C2)[C@H]1C(=O)O. The number of allylic oxidation sites excluding steroid dienone is 2. The Bertz CT molecular complexity index is 2070. The number of hydrogen-bond acceptors (Lipinski definition) is 6. The second-order valence-electron chi connectivity index (χ2n) is 18.2. The van der Waals surface area contributed by atoms with Crippen molar-refractivity contribution in [1.82, 2.24) is 5.32 Å². The fourth-order valence-electron chi connectivity index (χ4n) is 11.6. The Hall–Kier alpha value is -4.30. The Labute approximate surface area is 351 Å². The first kappa shape index (κ1) is 42.8. The van der Waals surface area contributed by atoms with Crippen LogP contribution in [0.4, 0.5) is 0 Å². The molecule has 3 aromatic rings. The Morgan fingerprint density at radius 1 is 0.966 bits per heavy atom. The van der Waals surface area contributed by atoms with Crippen LogP contribution in [0.3, 0.4) is 0 Å². The molecular weight excluding hydrogens is 733 g/mol. The lowest BCUT2D eigenvalue weighted by molar-refractivity contribution is -0.149. The molecule has 1 fully saturated rings. The number of unbranched alkanes of at least 4 members (excludes halogenated alkanes) is 2. The maximum Gasteiger partial charge on any atom is 0.308 e. The summed E-state index contributed by atoms with van der Waals surface area (Å²) in [5, 5.41) is 39.2. The van der Waals surface area contributed by atoms with Crippen LogP contribution in [-0.2, 0) is 21.4 Å². The summed E-state index contributed by atoms with van der Waals surface area (Å²) in [6, 6.07) is 25.0. The van der Waals surface area contributed by atoms with Crippen molar-refractivity contribution in [3.8, 4) is 5.75 Å². The van der Waals surface area contributed by atoms with Gasteiger partial charge in [0.25, 0.3) is 0 Å². The standard InChI is InChI=1S/C52H66N2O5/c1-54-33-49(57)47-16-8-14-37(10-3-2-4-13-43(34-55)41-18-17-35(27-41)24-26-53)48(38-19-21-46(56)22-20-38)29-36-9-7-15-45(28-36)52(50(47)51(58)59)25-23-42-30-39-11-5-6-12-40(39)31-44(42)32-52/h5-9,11-12,15-16,19-22,27-28,30-31,34,37,41-44,47-50,54,56-57H,2-4,10,13-14,17-18,23-26,29,32-33,53H2,1H3,(H,58,59)/t37-,41-,42+,43-,44-,47-,48+,49+,50-,52-/m1/s1. The highest BCUT2D eigenvalue weighted by atomic mass is 16.4. The summed E-state index contributed by atoms with van der Waals surface area (Å²) in [7, 11) is 1.81. The number of aldehydes is 1. The van der Waals surface area contributed by atoms with Gasteiger partial charge in [-0.15, -0.1) is 0 Å². The number of nitrogens with two attached hydrogens (primary N) is 1. The third kappa shape index (κ3) is 9.85. The van der Waals surface area contributed by atoms with E-state index in [1.54, 1.807) is 12.1 Å². The Kier molecular flexibility index (Phi) is 14.4. The summed E-state index contributed by atoms with van der Waals surface area (Å²) in [6.07, 6.45) is 23.4. The molecule has 0 radical (unpaired) electrons. The number of aliphatic carboxylic acids is 1. The van der Waals surface area contributed by atoms with Gasteiger partial charge in [0.15, 0.2) is 0 Å². The minimum absolute atomic E-state index is 0.0537. The van der Waals surface area contributed by atoms with E-state index in [0.29, 0.717) is 31.3 Å². The van der Waals surface area contributed by atoms with Gasteiger partial charge in [0.1, 0.15) is 12.0 Å². The number of carbonyl (C=O) groups is 2. The zero-order chi connectivity index (χ0) is 41.4. The molecule has 1 saturated carbocycles. The van der Waals surface area contributed by atoms with Crippen molar-refractivity contribution in [2.24, 2.45) is 47.2 Å². The van der Waals surface area contributed by atoms with Crippen molar-refractivity contribution in [3.05, 3.63) is 124 Å². The van der Waals surface area contributed by atoms with E-state index >= 15 is 0 Å².